The number of halogens is 3. The molecule has 1 heterocycles. The van der Waals surface area contributed by atoms with Gasteiger partial charge in [-0.2, -0.15) is 0 Å². The first-order chi connectivity index (χ1) is 16.3. The van der Waals surface area contributed by atoms with Crippen molar-refractivity contribution in [2.24, 2.45) is 0 Å². The van der Waals surface area contributed by atoms with Gasteiger partial charge in [-0.15, -0.1) is 0 Å². The summed E-state index contributed by atoms with van der Waals surface area (Å²) in [6.07, 6.45) is 0. The van der Waals surface area contributed by atoms with Crippen molar-refractivity contribution in [3.63, 3.8) is 0 Å². The van der Waals surface area contributed by atoms with E-state index in [4.69, 9.17) is 18.8 Å². The van der Waals surface area contributed by atoms with Crippen molar-refractivity contribution in [3.8, 4) is 11.5 Å². The van der Waals surface area contributed by atoms with Crippen molar-refractivity contribution in [1.82, 2.24) is 0 Å². The fourth-order valence-electron chi connectivity index (χ4n) is 2.91. The van der Waals surface area contributed by atoms with E-state index >= 15 is 0 Å². The number of benzene rings is 2. The smallest absolute Gasteiger partial charge is 0.491 e. The third kappa shape index (κ3) is 9.63. The fraction of sp³-hybridized carbons (Fsp3) is 0.538. The monoisotopic (exact) mass is 572 g/mol. The molecule has 1 saturated heterocycles. The molecule has 1 aliphatic rings. The van der Waals surface area contributed by atoms with E-state index in [1.54, 1.807) is 39.8 Å². The molecule has 2 N–H and O–H groups in total. The Morgan fingerprint density at radius 2 is 1.19 bits per heavy atom. The first-order valence-electron chi connectivity index (χ1n) is 11.6. The number of hydrogen-bond donors (Lipinski definition) is 2. The molecule has 2 aromatic carbocycles. The Bertz CT molecular complexity index is 998. The predicted molar refractivity (Wildman–Crippen MR) is 140 cm³/mol. The van der Waals surface area contributed by atoms with Crippen LogP contribution in [0.25, 0.3) is 0 Å². The van der Waals surface area contributed by atoms with Crippen molar-refractivity contribution in [3.05, 3.63) is 52.5 Å². The summed E-state index contributed by atoms with van der Waals surface area (Å²) in [4.78, 5) is 0. The molecule has 0 unspecified atom stereocenters. The molecule has 0 atom stereocenters. The van der Waals surface area contributed by atoms with Crippen LogP contribution in [0.2, 0.25) is 0 Å². The third-order valence-electron chi connectivity index (χ3n) is 5.44. The maximum atomic E-state index is 13.8. The van der Waals surface area contributed by atoms with Gasteiger partial charge in [-0.25, -0.2) is 8.78 Å². The van der Waals surface area contributed by atoms with Crippen LogP contribution in [0.4, 0.5) is 8.78 Å². The zero-order chi connectivity index (χ0) is 27.5. The molecule has 0 amide bonds. The van der Waals surface area contributed by atoms with E-state index in [2.05, 4.69) is 15.9 Å². The van der Waals surface area contributed by atoms with E-state index < -0.39 is 35.3 Å². The molecule has 0 aliphatic carbocycles. The number of aliphatic hydroxyl groups is 2. The molecule has 200 valence electrons. The highest BCUT2D eigenvalue weighted by molar-refractivity contribution is 9.10. The van der Waals surface area contributed by atoms with Gasteiger partial charge >= 0.3 is 7.12 Å². The molecule has 0 saturated carbocycles. The number of rotatable bonds is 7. The van der Waals surface area contributed by atoms with Gasteiger partial charge in [0.2, 0.25) is 0 Å². The molecule has 0 radical (unpaired) electrons. The van der Waals surface area contributed by atoms with Crippen LogP contribution in [0, 0.1) is 11.6 Å². The summed E-state index contributed by atoms with van der Waals surface area (Å²) in [6.45, 7) is 14.5. The van der Waals surface area contributed by atoms with Gasteiger partial charge in [0.25, 0.3) is 0 Å². The summed E-state index contributed by atoms with van der Waals surface area (Å²) >= 11 is 3.15. The average Bonchev–Trinajstić information content (AvgIpc) is 2.90. The second-order valence-corrected chi connectivity index (χ2v) is 12.0. The van der Waals surface area contributed by atoms with E-state index in [9.17, 15) is 19.0 Å². The summed E-state index contributed by atoms with van der Waals surface area (Å²) in [7, 11) is -0.648. The fourth-order valence-corrected chi connectivity index (χ4v) is 3.36. The molecule has 36 heavy (non-hydrogen) atoms. The molecule has 10 heteroatoms. The highest BCUT2D eigenvalue weighted by Gasteiger charge is 2.51. The second-order valence-electron chi connectivity index (χ2n) is 11.1. The van der Waals surface area contributed by atoms with Gasteiger partial charge in [0, 0.05) is 16.6 Å². The zero-order valence-electron chi connectivity index (χ0n) is 22.1. The molecular formula is C26H36BBrF2O6. The number of hydrogen-bond acceptors (Lipinski definition) is 6. The van der Waals surface area contributed by atoms with Crippen molar-refractivity contribution in [2.45, 2.75) is 77.8 Å². The van der Waals surface area contributed by atoms with Gasteiger partial charge in [-0.05, 0) is 85.1 Å². The molecule has 1 fully saturated rings. The minimum Gasteiger partial charge on any atom is -0.491 e. The first kappa shape index (κ1) is 30.5. The van der Waals surface area contributed by atoms with Gasteiger partial charge in [-0.3, -0.25) is 0 Å². The van der Waals surface area contributed by atoms with Crippen LogP contribution in [-0.2, 0) is 9.31 Å². The lowest BCUT2D eigenvalue weighted by Crippen LogP contribution is -2.41. The van der Waals surface area contributed by atoms with Crippen molar-refractivity contribution in [1.29, 1.82) is 0 Å². The summed E-state index contributed by atoms with van der Waals surface area (Å²) in [5, 5.41) is 19.1. The maximum Gasteiger partial charge on any atom is 0.495 e. The Labute approximate surface area is 221 Å². The van der Waals surface area contributed by atoms with Crippen LogP contribution in [-0.4, -0.2) is 52.9 Å². The lowest BCUT2D eigenvalue weighted by molar-refractivity contribution is 0.00578. The Kier molecular flexibility index (Phi) is 9.62. The summed E-state index contributed by atoms with van der Waals surface area (Å²) in [5.74, 6) is -0.0612. The molecule has 0 bridgehead atoms. The summed E-state index contributed by atoms with van der Waals surface area (Å²) < 4.78 is 49.8. The van der Waals surface area contributed by atoms with Crippen molar-refractivity contribution < 1.29 is 37.8 Å². The predicted octanol–water partition coefficient (Wildman–Crippen LogP) is 5.01. The van der Waals surface area contributed by atoms with Gasteiger partial charge in [0.05, 0.1) is 22.4 Å². The van der Waals surface area contributed by atoms with Crippen LogP contribution in [0.1, 0.15) is 55.4 Å². The van der Waals surface area contributed by atoms with Gasteiger partial charge < -0.3 is 29.0 Å². The minimum atomic E-state index is -0.989. The van der Waals surface area contributed by atoms with Crippen LogP contribution < -0.4 is 14.9 Å². The van der Waals surface area contributed by atoms with Crippen molar-refractivity contribution >= 4 is 28.5 Å². The Hall–Kier alpha value is -1.72. The minimum absolute atomic E-state index is 0.0687. The lowest BCUT2D eigenvalue weighted by Gasteiger charge is -2.32. The molecular weight excluding hydrogens is 537 g/mol. The van der Waals surface area contributed by atoms with Gasteiger partial charge in [0.1, 0.15) is 36.3 Å². The van der Waals surface area contributed by atoms with E-state index in [0.717, 1.165) is 0 Å². The SMILES string of the molecule is CC(C)(O)COc1cc(F)cc(B2OC(C)(C)C(C)(C)O2)c1.CC(C)(O)COc1cc(F)cc(Br)c1. The molecule has 2 aromatic rings. The molecule has 0 spiro atoms. The highest BCUT2D eigenvalue weighted by atomic mass is 79.9. The van der Waals surface area contributed by atoms with E-state index in [-0.39, 0.29) is 19.0 Å². The topological polar surface area (TPSA) is 77.4 Å². The summed E-state index contributed by atoms with van der Waals surface area (Å²) in [6, 6.07) is 8.60. The van der Waals surface area contributed by atoms with E-state index in [1.165, 1.54) is 24.3 Å². The maximum absolute atomic E-state index is 13.8. The average molecular weight is 573 g/mol. The Balaban J connectivity index is 0.000000281. The van der Waals surface area contributed by atoms with E-state index in [0.29, 0.717) is 21.4 Å². The number of ether oxygens (including phenoxy) is 2. The summed E-state index contributed by atoms with van der Waals surface area (Å²) in [5.41, 5.74) is -2.32. The van der Waals surface area contributed by atoms with Crippen LogP contribution >= 0.6 is 15.9 Å². The van der Waals surface area contributed by atoms with Gasteiger partial charge in [0.15, 0.2) is 0 Å². The largest absolute Gasteiger partial charge is 0.495 e. The normalized spacial score (nSPS) is 16.9. The molecule has 1 aliphatic heterocycles. The Morgan fingerprint density at radius 1 is 0.778 bits per heavy atom. The second kappa shape index (κ2) is 11.4. The first-order valence-corrected chi connectivity index (χ1v) is 12.4. The zero-order valence-corrected chi connectivity index (χ0v) is 23.7. The third-order valence-corrected chi connectivity index (χ3v) is 5.90. The van der Waals surface area contributed by atoms with Crippen LogP contribution in [0.3, 0.4) is 0 Å². The molecule has 6 nitrogen and oxygen atoms in total. The lowest BCUT2D eigenvalue weighted by atomic mass is 9.79. The standard InChI is InChI=1S/C16H24BFO4.C10H12BrFO2/c1-14(2,19)10-20-13-8-11(7-12(18)9-13)17-21-15(3,4)16(5,6)22-17;1-10(2,13)6-14-9-4-7(11)3-8(12)5-9/h7-9,19H,10H2,1-6H3;3-5,13H,6H2,1-2H3. The molecule has 0 aromatic heterocycles. The van der Waals surface area contributed by atoms with Crippen LogP contribution in [0.5, 0.6) is 11.5 Å². The Morgan fingerprint density at radius 3 is 1.61 bits per heavy atom. The van der Waals surface area contributed by atoms with Crippen molar-refractivity contribution in [2.75, 3.05) is 13.2 Å². The highest BCUT2D eigenvalue weighted by Crippen LogP contribution is 2.36. The quantitative estimate of drug-likeness (QED) is 0.454. The molecule has 3 rings (SSSR count). The van der Waals surface area contributed by atoms with Gasteiger partial charge in [-0.1, -0.05) is 15.9 Å². The van der Waals surface area contributed by atoms with Crippen LogP contribution in [0.15, 0.2) is 40.9 Å². The van der Waals surface area contributed by atoms with E-state index in [1.807, 2.05) is 27.7 Å².